The van der Waals surface area contributed by atoms with Gasteiger partial charge in [0.25, 0.3) is 0 Å². The fraction of sp³-hybridized carbons (Fsp3) is 0.500. The molecule has 0 aliphatic carbocycles. The van der Waals surface area contributed by atoms with E-state index in [0.29, 0.717) is 6.54 Å². The second-order valence-corrected chi connectivity index (χ2v) is 6.22. The molecule has 1 aliphatic heterocycles. The van der Waals surface area contributed by atoms with Crippen LogP contribution in [0.2, 0.25) is 0 Å². The van der Waals surface area contributed by atoms with Gasteiger partial charge in [-0.25, -0.2) is 14.6 Å². The van der Waals surface area contributed by atoms with Gasteiger partial charge in [0.1, 0.15) is 17.9 Å². The van der Waals surface area contributed by atoms with Crippen LogP contribution in [0, 0.1) is 6.92 Å². The molecule has 1 N–H and O–H groups in total. The lowest BCUT2D eigenvalue weighted by Gasteiger charge is -2.35. The SMILES string of the molecule is Cc1cc(CN2CCN(c3ncnc4c3cnn4CCO)CC2)no1. The van der Waals surface area contributed by atoms with Gasteiger partial charge in [-0.2, -0.15) is 5.10 Å². The normalized spacial score (nSPS) is 16.0. The second-order valence-electron chi connectivity index (χ2n) is 6.22. The molecule has 9 nitrogen and oxygen atoms in total. The molecule has 0 radical (unpaired) electrons. The highest BCUT2D eigenvalue weighted by molar-refractivity contribution is 5.86. The lowest BCUT2D eigenvalue weighted by atomic mass is 10.2. The minimum atomic E-state index is 0.0380. The van der Waals surface area contributed by atoms with E-state index in [-0.39, 0.29) is 6.61 Å². The van der Waals surface area contributed by atoms with Gasteiger partial charge < -0.3 is 14.5 Å². The lowest BCUT2D eigenvalue weighted by Crippen LogP contribution is -2.46. The monoisotopic (exact) mass is 343 g/mol. The van der Waals surface area contributed by atoms with E-state index in [9.17, 15) is 0 Å². The fourth-order valence-corrected chi connectivity index (χ4v) is 3.23. The Balaban J connectivity index is 1.46. The molecular formula is C16H21N7O2. The Hall–Kier alpha value is -2.52. The van der Waals surface area contributed by atoms with Crippen LogP contribution in [-0.2, 0) is 13.1 Å². The van der Waals surface area contributed by atoms with Crippen molar-refractivity contribution in [3.63, 3.8) is 0 Å². The summed E-state index contributed by atoms with van der Waals surface area (Å²) < 4.78 is 6.85. The number of rotatable bonds is 5. The fourth-order valence-electron chi connectivity index (χ4n) is 3.23. The zero-order valence-corrected chi connectivity index (χ0v) is 14.2. The Morgan fingerprint density at radius 2 is 2.04 bits per heavy atom. The van der Waals surface area contributed by atoms with E-state index in [4.69, 9.17) is 9.63 Å². The summed E-state index contributed by atoms with van der Waals surface area (Å²) in [5.41, 5.74) is 1.74. The Kier molecular flexibility index (Phi) is 4.33. The van der Waals surface area contributed by atoms with Crippen molar-refractivity contribution in [1.82, 2.24) is 29.8 Å². The molecule has 3 aromatic heterocycles. The van der Waals surface area contributed by atoms with Gasteiger partial charge in [0.15, 0.2) is 5.65 Å². The highest BCUT2D eigenvalue weighted by Crippen LogP contribution is 2.24. The molecule has 132 valence electrons. The second kappa shape index (κ2) is 6.77. The molecular weight excluding hydrogens is 322 g/mol. The Bertz CT molecular complexity index is 851. The van der Waals surface area contributed by atoms with Crippen LogP contribution in [0.25, 0.3) is 11.0 Å². The summed E-state index contributed by atoms with van der Waals surface area (Å²) >= 11 is 0. The van der Waals surface area contributed by atoms with Crippen molar-refractivity contribution in [2.75, 3.05) is 37.7 Å². The first-order chi connectivity index (χ1) is 12.2. The molecule has 1 aliphatic rings. The first kappa shape index (κ1) is 16.0. The maximum atomic E-state index is 9.14. The predicted octanol–water partition coefficient (Wildman–Crippen LogP) is 0.437. The van der Waals surface area contributed by atoms with Crippen LogP contribution >= 0.6 is 0 Å². The van der Waals surface area contributed by atoms with Crippen LogP contribution < -0.4 is 4.90 Å². The van der Waals surface area contributed by atoms with Gasteiger partial charge in [0, 0.05) is 38.8 Å². The molecule has 1 saturated heterocycles. The van der Waals surface area contributed by atoms with Gasteiger partial charge in [-0.3, -0.25) is 4.90 Å². The lowest BCUT2D eigenvalue weighted by molar-refractivity contribution is 0.241. The standard InChI is InChI=1S/C16H21N7O2/c1-12-8-13(20-25-12)10-21-2-4-22(5-3-21)15-14-9-19-23(6-7-24)16(14)18-11-17-15/h8-9,11,24H,2-7,10H2,1H3. The van der Waals surface area contributed by atoms with Crippen molar-refractivity contribution in [3.8, 4) is 0 Å². The van der Waals surface area contributed by atoms with Crippen LogP contribution in [0.5, 0.6) is 0 Å². The molecule has 0 atom stereocenters. The molecule has 0 saturated carbocycles. The van der Waals surface area contributed by atoms with E-state index in [2.05, 4.69) is 30.0 Å². The summed E-state index contributed by atoms with van der Waals surface area (Å²) in [5.74, 6) is 1.75. The van der Waals surface area contributed by atoms with Gasteiger partial charge in [-0.1, -0.05) is 5.16 Å². The number of hydrogen-bond donors (Lipinski definition) is 1. The van der Waals surface area contributed by atoms with Crippen molar-refractivity contribution in [1.29, 1.82) is 0 Å². The molecule has 0 spiro atoms. The number of anilines is 1. The zero-order valence-electron chi connectivity index (χ0n) is 14.2. The van der Waals surface area contributed by atoms with Crippen molar-refractivity contribution in [3.05, 3.63) is 30.0 Å². The number of aromatic nitrogens is 5. The highest BCUT2D eigenvalue weighted by Gasteiger charge is 2.22. The number of fused-ring (bicyclic) bond motifs is 1. The van der Waals surface area contributed by atoms with Gasteiger partial charge in [-0.15, -0.1) is 0 Å². The first-order valence-corrected chi connectivity index (χ1v) is 8.41. The highest BCUT2D eigenvalue weighted by atomic mass is 16.5. The van der Waals surface area contributed by atoms with Crippen LogP contribution in [0.1, 0.15) is 11.5 Å². The Morgan fingerprint density at radius 1 is 1.20 bits per heavy atom. The number of aryl methyl sites for hydroxylation is 1. The molecule has 25 heavy (non-hydrogen) atoms. The van der Waals surface area contributed by atoms with Crippen LogP contribution in [0.15, 0.2) is 23.1 Å². The topological polar surface area (TPSA) is 96.3 Å². The third kappa shape index (κ3) is 3.20. The van der Waals surface area contributed by atoms with E-state index >= 15 is 0 Å². The van der Waals surface area contributed by atoms with E-state index in [0.717, 1.165) is 61.0 Å². The summed E-state index contributed by atoms with van der Waals surface area (Å²) in [6.45, 7) is 6.82. The molecule has 4 rings (SSSR count). The zero-order chi connectivity index (χ0) is 17.2. The number of aliphatic hydroxyl groups excluding tert-OH is 1. The van der Waals surface area contributed by atoms with Crippen molar-refractivity contribution in [2.45, 2.75) is 20.0 Å². The number of hydrogen-bond acceptors (Lipinski definition) is 8. The number of aliphatic hydroxyl groups is 1. The summed E-state index contributed by atoms with van der Waals surface area (Å²) in [6, 6.07) is 1.98. The minimum absolute atomic E-state index is 0.0380. The molecule has 0 bridgehead atoms. The molecule has 0 unspecified atom stereocenters. The average molecular weight is 343 g/mol. The number of piperazine rings is 1. The maximum Gasteiger partial charge on any atom is 0.163 e. The molecule has 0 amide bonds. The molecule has 3 aromatic rings. The van der Waals surface area contributed by atoms with Crippen molar-refractivity contribution < 1.29 is 9.63 Å². The van der Waals surface area contributed by atoms with Crippen molar-refractivity contribution >= 4 is 16.9 Å². The maximum absolute atomic E-state index is 9.14. The summed E-state index contributed by atoms with van der Waals surface area (Å²) in [7, 11) is 0. The molecule has 4 heterocycles. The number of nitrogens with zero attached hydrogens (tertiary/aromatic N) is 7. The Labute approximate surface area is 144 Å². The average Bonchev–Trinajstić information content (AvgIpc) is 3.22. The van der Waals surface area contributed by atoms with Crippen LogP contribution in [0.4, 0.5) is 5.82 Å². The predicted molar refractivity (Wildman–Crippen MR) is 91.1 cm³/mol. The smallest absolute Gasteiger partial charge is 0.163 e. The van der Waals surface area contributed by atoms with Crippen LogP contribution in [0.3, 0.4) is 0 Å². The summed E-state index contributed by atoms with van der Waals surface area (Å²) in [5, 5.41) is 18.4. The summed E-state index contributed by atoms with van der Waals surface area (Å²) in [6.07, 6.45) is 3.35. The minimum Gasteiger partial charge on any atom is -0.394 e. The molecule has 1 fully saturated rings. The van der Waals surface area contributed by atoms with E-state index < -0.39 is 0 Å². The van der Waals surface area contributed by atoms with Gasteiger partial charge in [-0.05, 0) is 6.92 Å². The first-order valence-electron chi connectivity index (χ1n) is 8.41. The van der Waals surface area contributed by atoms with E-state index in [1.165, 1.54) is 0 Å². The molecule has 0 aromatic carbocycles. The Morgan fingerprint density at radius 3 is 2.76 bits per heavy atom. The van der Waals surface area contributed by atoms with Gasteiger partial charge in [0.05, 0.1) is 30.4 Å². The van der Waals surface area contributed by atoms with E-state index in [1.807, 2.05) is 13.0 Å². The van der Waals surface area contributed by atoms with Gasteiger partial charge >= 0.3 is 0 Å². The third-order valence-corrected chi connectivity index (χ3v) is 4.46. The summed E-state index contributed by atoms with van der Waals surface area (Å²) in [4.78, 5) is 13.4. The molecule has 9 heteroatoms. The largest absolute Gasteiger partial charge is 0.394 e. The van der Waals surface area contributed by atoms with Crippen LogP contribution in [-0.4, -0.2) is 67.7 Å². The third-order valence-electron chi connectivity index (χ3n) is 4.46. The van der Waals surface area contributed by atoms with Gasteiger partial charge in [0.2, 0.25) is 0 Å². The quantitative estimate of drug-likeness (QED) is 0.713. The van der Waals surface area contributed by atoms with Crippen molar-refractivity contribution in [2.24, 2.45) is 0 Å². The van der Waals surface area contributed by atoms with E-state index in [1.54, 1.807) is 17.2 Å².